The van der Waals surface area contributed by atoms with Crippen LogP contribution < -0.4 is 5.73 Å². The normalized spacial score (nSPS) is 10.8. The Kier molecular flexibility index (Phi) is 3.33. The Hall–Kier alpha value is -1.18. The molecule has 0 aromatic rings. The summed E-state index contributed by atoms with van der Waals surface area (Å²) in [4.78, 5) is 1.92. The number of rotatable bonds is 3. The van der Waals surface area contributed by atoms with Crippen LogP contribution in [0.1, 0.15) is 0 Å². The Bertz CT molecular complexity index is 166. The molecule has 0 spiro atoms. The molecular weight excluding hydrogens is 124 g/mol. The van der Waals surface area contributed by atoms with Gasteiger partial charge in [0.05, 0.1) is 0 Å². The number of nitrogens with two attached hydrogens (primary N) is 1. The highest BCUT2D eigenvalue weighted by molar-refractivity contribution is 5.23. The second kappa shape index (κ2) is 3.77. The van der Waals surface area contributed by atoms with E-state index in [4.69, 9.17) is 5.73 Å². The molecule has 0 aromatic heterocycles. The van der Waals surface area contributed by atoms with Gasteiger partial charge < -0.3 is 10.6 Å². The van der Waals surface area contributed by atoms with Gasteiger partial charge in [0.1, 0.15) is 0 Å². The van der Waals surface area contributed by atoms with Crippen molar-refractivity contribution >= 4 is 0 Å². The first-order valence-corrected chi connectivity index (χ1v) is 3.03. The van der Waals surface area contributed by atoms with Crippen molar-refractivity contribution in [1.29, 1.82) is 0 Å². The summed E-state index contributed by atoms with van der Waals surface area (Å²) in [5, 5.41) is 0. The highest BCUT2D eigenvalue weighted by Crippen LogP contribution is 2.00. The van der Waals surface area contributed by atoms with E-state index in [0.717, 1.165) is 5.70 Å². The zero-order chi connectivity index (χ0) is 8.15. The molecule has 2 N–H and O–H groups in total. The maximum Gasteiger partial charge on any atom is 0.0375 e. The van der Waals surface area contributed by atoms with Crippen molar-refractivity contribution in [2.24, 2.45) is 5.73 Å². The average molecular weight is 138 g/mol. The van der Waals surface area contributed by atoms with Crippen LogP contribution in [0.25, 0.3) is 0 Å². The molecule has 0 fully saturated rings. The van der Waals surface area contributed by atoms with Gasteiger partial charge in [-0.3, -0.25) is 0 Å². The van der Waals surface area contributed by atoms with Crippen LogP contribution in [-0.4, -0.2) is 19.0 Å². The van der Waals surface area contributed by atoms with E-state index in [1.165, 1.54) is 0 Å². The van der Waals surface area contributed by atoms with Gasteiger partial charge in [-0.1, -0.05) is 13.2 Å². The van der Waals surface area contributed by atoms with Crippen LogP contribution in [0.4, 0.5) is 0 Å². The van der Waals surface area contributed by atoms with Crippen molar-refractivity contribution in [3.63, 3.8) is 0 Å². The van der Waals surface area contributed by atoms with E-state index in [9.17, 15) is 0 Å². The molecule has 0 radical (unpaired) electrons. The van der Waals surface area contributed by atoms with Crippen LogP contribution in [0.3, 0.4) is 0 Å². The molecule has 2 heteroatoms. The van der Waals surface area contributed by atoms with Crippen LogP contribution >= 0.6 is 0 Å². The SMILES string of the molecule is C=C/C(=C\C(=C)N)N(C)C. The molecule has 0 atom stereocenters. The maximum atomic E-state index is 5.36. The summed E-state index contributed by atoms with van der Waals surface area (Å²) in [5.74, 6) is 0. The monoisotopic (exact) mass is 138 g/mol. The predicted molar refractivity (Wildman–Crippen MR) is 45.3 cm³/mol. The highest BCUT2D eigenvalue weighted by Gasteiger charge is 1.91. The fourth-order valence-corrected chi connectivity index (χ4v) is 0.561. The standard InChI is InChI=1S/C8H14N2/c1-5-8(10(3)4)6-7(2)9/h5-6H,1-2,9H2,3-4H3/b8-6+. The quantitative estimate of drug-likeness (QED) is 0.591. The smallest absolute Gasteiger partial charge is 0.0375 e. The van der Waals surface area contributed by atoms with Crippen LogP contribution in [0.15, 0.2) is 36.7 Å². The minimum atomic E-state index is 0.545. The molecule has 0 aliphatic rings. The Morgan fingerprint density at radius 2 is 2.00 bits per heavy atom. The molecule has 0 unspecified atom stereocenters. The molecule has 0 aliphatic heterocycles. The van der Waals surface area contributed by atoms with E-state index in [2.05, 4.69) is 13.2 Å². The number of likely N-dealkylation sites (N-methyl/N-ethyl adjacent to an activating group) is 1. The summed E-state index contributed by atoms with van der Waals surface area (Å²) in [6, 6.07) is 0. The van der Waals surface area contributed by atoms with Crippen LogP contribution in [0.2, 0.25) is 0 Å². The molecule has 0 heterocycles. The van der Waals surface area contributed by atoms with Gasteiger partial charge >= 0.3 is 0 Å². The minimum absolute atomic E-state index is 0.545. The molecule has 2 nitrogen and oxygen atoms in total. The third-order valence-electron chi connectivity index (χ3n) is 1.06. The van der Waals surface area contributed by atoms with Gasteiger partial charge in [-0.05, 0) is 12.2 Å². The summed E-state index contributed by atoms with van der Waals surface area (Å²) in [6.07, 6.45) is 3.50. The van der Waals surface area contributed by atoms with E-state index in [1.807, 2.05) is 19.0 Å². The van der Waals surface area contributed by atoms with Crippen molar-refractivity contribution < 1.29 is 0 Å². The largest absolute Gasteiger partial charge is 0.399 e. The van der Waals surface area contributed by atoms with Crippen LogP contribution in [0, 0.1) is 0 Å². The van der Waals surface area contributed by atoms with Gasteiger partial charge in [-0.2, -0.15) is 0 Å². The summed E-state index contributed by atoms with van der Waals surface area (Å²) in [7, 11) is 3.85. The topological polar surface area (TPSA) is 29.3 Å². The Labute approximate surface area is 62.3 Å². The van der Waals surface area contributed by atoms with E-state index in [0.29, 0.717) is 5.70 Å². The zero-order valence-corrected chi connectivity index (χ0v) is 6.59. The third kappa shape index (κ3) is 2.97. The van der Waals surface area contributed by atoms with Gasteiger partial charge in [0, 0.05) is 25.5 Å². The van der Waals surface area contributed by atoms with E-state index < -0.39 is 0 Å². The summed E-state index contributed by atoms with van der Waals surface area (Å²) >= 11 is 0. The second-order valence-electron chi connectivity index (χ2n) is 2.24. The average Bonchev–Trinajstić information content (AvgIpc) is 1.81. The lowest BCUT2D eigenvalue weighted by molar-refractivity contribution is 0.529. The van der Waals surface area contributed by atoms with Gasteiger partial charge in [0.15, 0.2) is 0 Å². The molecule has 0 bridgehead atoms. The lowest BCUT2D eigenvalue weighted by Gasteiger charge is -2.12. The van der Waals surface area contributed by atoms with E-state index >= 15 is 0 Å². The lowest BCUT2D eigenvalue weighted by atomic mass is 10.3. The Morgan fingerprint density at radius 1 is 1.50 bits per heavy atom. The Morgan fingerprint density at radius 3 is 2.10 bits per heavy atom. The lowest BCUT2D eigenvalue weighted by Crippen LogP contribution is -2.10. The van der Waals surface area contributed by atoms with E-state index in [1.54, 1.807) is 12.2 Å². The van der Waals surface area contributed by atoms with E-state index in [-0.39, 0.29) is 0 Å². The van der Waals surface area contributed by atoms with Crippen molar-refractivity contribution in [3.05, 3.63) is 36.7 Å². The number of nitrogens with zero attached hydrogens (tertiary/aromatic N) is 1. The molecule has 0 saturated carbocycles. The van der Waals surface area contributed by atoms with Crippen molar-refractivity contribution in [1.82, 2.24) is 4.90 Å². The Balaban J connectivity index is 4.33. The molecule has 0 aromatic carbocycles. The molecule has 0 amide bonds. The first-order chi connectivity index (χ1) is 4.57. The number of hydrogen-bond acceptors (Lipinski definition) is 2. The van der Waals surface area contributed by atoms with Crippen molar-refractivity contribution in [2.45, 2.75) is 0 Å². The van der Waals surface area contributed by atoms with Gasteiger partial charge in [0.2, 0.25) is 0 Å². The van der Waals surface area contributed by atoms with Gasteiger partial charge in [-0.25, -0.2) is 0 Å². The fraction of sp³-hybridized carbons (Fsp3) is 0.250. The van der Waals surface area contributed by atoms with Gasteiger partial charge in [-0.15, -0.1) is 0 Å². The van der Waals surface area contributed by atoms with Crippen molar-refractivity contribution in [2.75, 3.05) is 14.1 Å². The molecule has 10 heavy (non-hydrogen) atoms. The van der Waals surface area contributed by atoms with Gasteiger partial charge in [0.25, 0.3) is 0 Å². The van der Waals surface area contributed by atoms with Crippen LogP contribution in [-0.2, 0) is 0 Å². The second-order valence-corrected chi connectivity index (χ2v) is 2.24. The first-order valence-electron chi connectivity index (χ1n) is 3.03. The molecule has 0 aliphatic carbocycles. The first kappa shape index (κ1) is 8.82. The van der Waals surface area contributed by atoms with Crippen molar-refractivity contribution in [3.8, 4) is 0 Å². The number of allylic oxidation sites excluding steroid dienone is 2. The van der Waals surface area contributed by atoms with Crippen LogP contribution in [0.5, 0.6) is 0 Å². The molecule has 0 saturated heterocycles. The zero-order valence-electron chi connectivity index (χ0n) is 6.59. The third-order valence-corrected chi connectivity index (χ3v) is 1.06. The maximum absolute atomic E-state index is 5.36. The minimum Gasteiger partial charge on any atom is -0.399 e. The summed E-state index contributed by atoms with van der Waals surface area (Å²) in [6.45, 7) is 7.18. The molecule has 56 valence electrons. The predicted octanol–water partition coefficient (Wildman–Crippen LogP) is 1.09. The number of hydrogen-bond donors (Lipinski definition) is 1. The summed E-state index contributed by atoms with van der Waals surface area (Å²) < 4.78 is 0. The highest BCUT2D eigenvalue weighted by atomic mass is 15.1. The summed E-state index contributed by atoms with van der Waals surface area (Å²) in [5.41, 5.74) is 6.87. The molecular formula is C8H14N2. The fourth-order valence-electron chi connectivity index (χ4n) is 0.561. The molecule has 0 rings (SSSR count).